The number of hydrogen-bond acceptors (Lipinski definition) is 7. The van der Waals surface area contributed by atoms with E-state index in [-0.39, 0.29) is 12.5 Å². The summed E-state index contributed by atoms with van der Waals surface area (Å²) in [4.78, 5) is 12.1. The van der Waals surface area contributed by atoms with E-state index in [4.69, 9.17) is 9.26 Å². The first-order valence-corrected chi connectivity index (χ1v) is 7.38. The van der Waals surface area contributed by atoms with Crippen LogP contribution < -0.4 is 10.1 Å². The number of hydrogen-bond donors (Lipinski definition) is 1. The molecular weight excluding hydrogens is 312 g/mol. The molecule has 0 saturated heterocycles. The van der Waals surface area contributed by atoms with E-state index < -0.39 is 0 Å². The van der Waals surface area contributed by atoms with Crippen molar-refractivity contribution >= 4 is 11.7 Å². The van der Waals surface area contributed by atoms with E-state index >= 15 is 0 Å². The van der Waals surface area contributed by atoms with E-state index in [0.29, 0.717) is 35.3 Å². The zero-order chi connectivity index (χ0) is 16.9. The lowest BCUT2D eigenvalue weighted by atomic mass is 10.2. The largest absolute Gasteiger partial charge is 0.486 e. The van der Waals surface area contributed by atoms with E-state index in [1.807, 2.05) is 6.92 Å². The molecule has 3 rings (SSSR count). The van der Waals surface area contributed by atoms with Gasteiger partial charge in [0.2, 0.25) is 0 Å². The Morgan fingerprint density at radius 3 is 2.79 bits per heavy atom. The number of benzene rings is 1. The van der Waals surface area contributed by atoms with Crippen LogP contribution in [-0.2, 0) is 13.2 Å². The van der Waals surface area contributed by atoms with Crippen LogP contribution in [0.3, 0.4) is 0 Å². The molecule has 1 aromatic carbocycles. The molecule has 0 bridgehead atoms. The van der Waals surface area contributed by atoms with Gasteiger partial charge in [-0.25, -0.2) is 4.68 Å². The minimum Gasteiger partial charge on any atom is -0.486 e. The Balaban J connectivity index is 1.59. The molecule has 0 fully saturated rings. The third kappa shape index (κ3) is 3.57. The highest BCUT2D eigenvalue weighted by Crippen LogP contribution is 2.15. The molecule has 9 nitrogen and oxygen atoms in total. The van der Waals surface area contributed by atoms with Crippen LogP contribution in [0.5, 0.6) is 5.75 Å². The summed E-state index contributed by atoms with van der Waals surface area (Å²) >= 11 is 0. The van der Waals surface area contributed by atoms with Gasteiger partial charge in [-0.1, -0.05) is 5.16 Å². The molecule has 24 heavy (non-hydrogen) atoms. The Kier molecular flexibility index (Phi) is 4.50. The molecule has 124 valence electrons. The van der Waals surface area contributed by atoms with Crippen LogP contribution in [0.15, 0.2) is 34.9 Å². The molecule has 1 amide bonds. The molecule has 2 heterocycles. The molecular formula is C15H16N6O3. The summed E-state index contributed by atoms with van der Waals surface area (Å²) in [7, 11) is 0. The molecule has 0 radical (unpaired) electrons. The van der Waals surface area contributed by atoms with Crippen LogP contribution in [-0.4, -0.2) is 31.3 Å². The molecule has 0 unspecified atom stereocenters. The first kappa shape index (κ1) is 15.7. The topological polar surface area (TPSA) is 108 Å². The van der Waals surface area contributed by atoms with Gasteiger partial charge in [-0.3, -0.25) is 4.79 Å². The average Bonchev–Trinajstić information content (AvgIpc) is 3.21. The van der Waals surface area contributed by atoms with Gasteiger partial charge in [0.15, 0.2) is 11.6 Å². The standard InChI is InChI=1S/C15H16N6O3/c1-3-21-14(17-19-20-21)9-23-12-6-4-11(5-7-12)15(22)16-13-8-10(2)24-18-13/h4-8H,3,9H2,1-2H3,(H,16,18,22). The fourth-order valence-electron chi connectivity index (χ4n) is 2.04. The zero-order valence-electron chi connectivity index (χ0n) is 13.3. The molecule has 2 aromatic heterocycles. The van der Waals surface area contributed by atoms with Gasteiger partial charge < -0.3 is 14.6 Å². The molecule has 0 spiro atoms. The quantitative estimate of drug-likeness (QED) is 0.735. The summed E-state index contributed by atoms with van der Waals surface area (Å²) in [6.07, 6.45) is 0. The maximum Gasteiger partial charge on any atom is 0.256 e. The lowest BCUT2D eigenvalue weighted by Crippen LogP contribution is -2.12. The highest BCUT2D eigenvalue weighted by atomic mass is 16.5. The average molecular weight is 328 g/mol. The predicted molar refractivity (Wildman–Crippen MR) is 83.5 cm³/mol. The maximum absolute atomic E-state index is 12.1. The van der Waals surface area contributed by atoms with Crippen molar-refractivity contribution in [1.29, 1.82) is 0 Å². The van der Waals surface area contributed by atoms with Gasteiger partial charge in [0.1, 0.15) is 18.1 Å². The number of rotatable bonds is 6. The second-order valence-electron chi connectivity index (χ2n) is 5.00. The number of carbonyl (C=O) groups excluding carboxylic acids is 1. The molecule has 0 aliphatic carbocycles. The maximum atomic E-state index is 12.1. The molecule has 1 N–H and O–H groups in total. The Bertz CT molecular complexity index is 824. The summed E-state index contributed by atoms with van der Waals surface area (Å²) in [5, 5.41) is 17.7. The van der Waals surface area contributed by atoms with Crippen molar-refractivity contribution in [3.63, 3.8) is 0 Å². The number of ether oxygens (including phenoxy) is 1. The highest BCUT2D eigenvalue weighted by Gasteiger charge is 2.10. The van der Waals surface area contributed by atoms with E-state index in [0.717, 1.165) is 0 Å². The van der Waals surface area contributed by atoms with Gasteiger partial charge in [-0.05, 0) is 48.5 Å². The summed E-state index contributed by atoms with van der Waals surface area (Å²) in [6, 6.07) is 8.40. The number of amides is 1. The first-order valence-electron chi connectivity index (χ1n) is 7.38. The van der Waals surface area contributed by atoms with Crippen molar-refractivity contribution in [3.05, 3.63) is 47.5 Å². The van der Waals surface area contributed by atoms with Gasteiger partial charge in [0.05, 0.1) is 0 Å². The molecule has 9 heteroatoms. The lowest BCUT2D eigenvalue weighted by molar-refractivity contribution is 0.102. The van der Waals surface area contributed by atoms with Crippen LogP contribution in [0.2, 0.25) is 0 Å². The third-order valence-electron chi connectivity index (χ3n) is 3.26. The van der Waals surface area contributed by atoms with Gasteiger partial charge in [0.25, 0.3) is 5.91 Å². The van der Waals surface area contributed by atoms with Crippen LogP contribution in [0.25, 0.3) is 0 Å². The van der Waals surface area contributed by atoms with Crippen molar-refractivity contribution < 1.29 is 14.1 Å². The molecule has 0 atom stereocenters. The molecule has 0 aliphatic heterocycles. The number of nitrogens with zero attached hydrogens (tertiary/aromatic N) is 5. The van der Waals surface area contributed by atoms with Gasteiger partial charge in [-0.15, -0.1) is 5.10 Å². The third-order valence-corrected chi connectivity index (χ3v) is 3.26. The van der Waals surface area contributed by atoms with Crippen molar-refractivity contribution in [3.8, 4) is 5.75 Å². The highest BCUT2D eigenvalue weighted by molar-refractivity contribution is 6.03. The minimum atomic E-state index is -0.273. The van der Waals surface area contributed by atoms with Crippen molar-refractivity contribution in [2.45, 2.75) is 27.0 Å². The normalized spacial score (nSPS) is 10.6. The van der Waals surface area contributed by atoms with Crippen molar-refractivity contribution in [2.75, 3.05) is 5.32 Å². The Morgan fingerprint density at radius 1 is 1.33 bits per heavy atom. The smallest absolute Gasteiger partial charge is 0.256 e. The number of nitrogens with one attached hydrogen (secondary N) is 1. The van der Waals surface area contributed by atoms with Gasteiger partial charge >= 0.3 is 0 Å². The van der Waals surface area contributed by atoms with Crippen LogP contribution in [0.1, 0.15) is 28.9 Å². The van der Waals surface area contributed by atoms with Gasteiger partial charge in [0, 0.05) is 18.2 Å². The lowest BCUT2D eigenvalue weighted by Gasteiger charge is -2.07. The zero-order valence-corrected chi connectivity index (χ0v) is 13.3. The van der Waals surface area contributed by atoms with Crippen molar-refractivity contribution in [1.82, 2.24) is 25.4 Å². The Morgan fingerprint density at radius 2 is 2.12 bits per heavy atom. The molecule has 0 aliphatic rings. The number of tetrazole rings is 1. The van der Waals surface area contributed by atoms with E-state index in [1.165, 1.54) is 0 Å². The monoisotopic (exact) mass is 328 g/mol. The SMILES string of the molecule is CCn1nnnc1COc1ccc(C(=O)Nc2cc(C)on2)cc1. The van der Waals surface area contributed by atoms with Crippen LogP contribution in [0, 0.1) is 6.92 Å². The fourth-order valence-corrected chi connectivity index (χ4v) is 2.04. The Labute approximate surface area is 137 Å². The fraction of sp³-hybridized carbons (Fsp3) is 0.267. The van der Waals surface area contributed by atoms with Gasteiger partial charge in [-0.2, -0.15) is 0 Å². The summed E-state index contributed by atoms with van der Waals surface area (Å²) in [5.41, 5.74) is 0.487. The molecule has 0 saturated carbocycles. The number of aryl methyl sites for hydroxylation is 2. The first-order chi connectivity index (χ1) is 11.7. The summed E-state index contributed by atoms with van der Waals surface area (Å²) in [6.45, 7) is 4.63. The number of carbonyl (C=O) groups is 1. The number of aromatic nitrogens is 5. The minimum absolute atomic E-state index is 0.255. The molecule has 3 aromatic rings. The summed E-state index contributed by atoms with van der Waals surface area (Å²) in [5.74, 6) is 1.99. The van der Waals surface area contributed by atoms with E-state index in [2.05, 4.69) is 26.0 Å². The van der Waals surface area contributed by atoms with E-state index in [9.17, 15) is 4.79 Å². The second-order valence-corrected chi connectivity index (χ2v) is 5.00. The Hall–Kier alpha value is -3.23. The van der Waals surface area contributed by atoms with Crippen LogP contribution in [0.4, 0.5) is 5.82 Å². The van der Waals surface area contributed by atoms with E-state index in [1.54, 1.807) is 41.9 Å². The van der Waals surface area contributed by atoms with Crippen LogP contribution >= 0.6 is 0 Å². The predicted octanol–water partition coefficient (Wildman–Crippen LogP) is 1.82. The second kappa shape index (κ2) is 6.90. The van der Waals surface area contributed by atoms with Crippen molar-refractivity contribution in [2.24, 2.45) is 0 Å². The summed E-state index contributed by atoms with van der Waals surface area (Å²) < 4.78 is 12.2. The number of anilines is 1.